The minimum absolute atomic E-state index is 0.110. The van der Waals surface area contributed by atoms with Gasteiger partial charge in [-0.2, -0.15) is 15.3 Å². The van der Waals surface area contributed by atoms with Crippen LogP contribution in [0.15, 0.2) is 263 Å². The van der Waals surface area contributed by atoms with E-state index in [-0.39, 0.29) is 47.9 Å². The van der Waals surface area contributed by atoms with Crippen LogP contribution >= 0.6 is 46.4 Å². The van der Waals surface area contributed by atoms with Crippen LogP contribution in [0, 0.1) is 5.41 Å². The Balaban J connectivity index is 0.000000129. The first-order valence-corrected chi connectivity index (χ1v) is 50.6. The molecule has 4 atom stereocenters. The highest BCUT2D eigenvalue weighted by molar-refractivity contribution is 6.32. The standard InChI is InChI=1S/C30H28ClN5O4.C29H33ClN4O3.C26H28ClN5O3.C26H26ClN5O3/c1-38-22-8-10-24(11-9-22)40-30(37)36-15-13-25-26-17-21(31)5-12-27(26)34-28(25)29(36)20-3-6-23(7-4-20)39-16-2-14-35-19-32-18-33-35;1-29(2,3)18-37-28(35)34-14-11-23-24-17-21(30)7-10-25(24)32-26(23)27(34)20-5-8-22(9-6-20)36-16-4-13-33-15-12-31-19-33;2*1-17(2)35-26(33)32-12-10-21-22-14-19(27)6-9-23(22)30-24(21)25(32)18-4-7-20(8-5-18)34-13-3-11-31-16-28-15-29-31/h3-12,17-19,29,34H,2,13-16H2,1H3;5-10,12,15,17,19,27,32H,4,11,13-14,16,18H2,1-3H3;4-9,14-17,25,30H,3,10-13H2,1-2H3;4-9,14-16,25,30H,1,3,10-13H2,2H3. The fraction of sp³-hybridized carbons (Fsp3) is 0.306. The van der Waals surface area contributed by atoms with Gasteiger partial charge in [0, 0.05) is 170 Å². The third-order valence-electron chi connectivity index (χ3n) is 25.8. The van der Waals surface area contributed by atoms with Gasteiger partial charge in [-0.3, -0.25) is 33.6 Å². The molecular formula is C111H115Cl4N19O13. The summed E-state index contributed by atoms with van der Waals surface area (Å²) in [5.41, 5.74) is 16.4. The van der Waals surface area contributed by atoms with E-state index in [9.17, 15) is 19.2 Å². The molecule has 9 aromatic carbocycles. The molecule has 4 unspecified atom stereocenters. The van der Waals surface area contributed by atoms with Crippen LogP contribution in [0.3, 0.4) is 0 Å². The number of hydrogen-bond donors (Lipinski definition) is 4. The number of rotatable bonds is 29. The molecule has 4 aliphatic heterocycles. The summed E-state index contributed by atoms with van der Waals surface area (Å²) >= 11 is 25.2. The summed E-state index contributed by atoms with van der Waals surface area (Å²) in [6.45, 7) is 23.2. The molecule has 8 aromatic heterocycles. The number of hydrogen-bond acceptors (Lipinski definition) is 20. The Hall–Kier alpha value is -15.3. The van der Waals surface area contributed by atoms with Gasteiger partial charge in [-0.25, -0.2) is 39.1 Å². The average molecular weight is 2070 g/mol. The van der Waals surface area contributed by atoms with Crippen molar-refractivity contribution in [3.05, 3.63) is 351 Å². The summed E-state index contributed by atoms with van der Waals surface area (Å²) < 4.78 is 58.8. The number of nitrogens with zero attached hydrogens (tertiary/aromatic N) is 15. The summed E-state index contributed by atoms with van der Waals surface area (Å²) in [5, 5.41) is 19.4. The van der Waals surface area contributed by atoms with Crippen LogP contribution in [0.5, 0.6) is 34.5 Å². The molecule has 17 aromatic rings. The maximum atomic E-state index is 13.5. The summed E-state index contributed by atoms with van der Waals surface area (Å²) in [7, 11) is 1.60. The minimum Gasteiger partial charge on any atom is -0.497 e. The predicted octanol–water partition coefficient (Wildman–Crippen LogP) is 23.5. The SMILES string of the molecule is C=C(C)OC(=O)N1CCc2c([nH]c3ccc(Cl)cc23)C1c1ccc(OCCCn2cncn2)cc1.CC(C)(C)COC(=O)N1CCc2c([nH]c3ccc(Cl)cc23)C1c1ccc(OCCCn2ccnc2)cc1.CC(C)OC(=O)N1CCc2c([nH]c3ccc(Cl)cc23)C1c1ccc(OCCCn2cncn2)cc1.COc1ccc(OC(=O)N2CCc3c([nH]c4ccc(Cl)cc34)C2c2ccc(OCCCn3cncn3)cc2)cc1. The van der Waals surface area contributed by atoms with E-state index >= 15 is 0 Å². The molecule has 32 nitrogen and oxygen atoms in total. The highest BCUT2D eigenvalue weighted by atomic mass is 35.5. The van der Waals surface area contributed by atoms with Crippen molar-refractivity contribution in [3.63, 3.8) is 0 Å². The molecule has 36 heteroatoms. The number of imidazole rings is 1. The number of amides is 4. The first-order chi connectivity index (χ1) is 71.3. The minimum atomic E-state index is -0.425. The Labute approximate surface area is 870 Å². The van der Waals surface area contributed by atoms with E-state index in [1.54, 1.807) is 92.2 Å². The molecule has 0 saturated carbocycles. The zero-order valence-electron chi connectivity index (χ0n) is 82.6. The van der Waals surface area contributed by atoms with Crippen LogP contribution in [0.4, 0.5) is 19.2 Å². The van der Waals surface area contributed by atoms with Crippen molar-refractivity contribution in [3.8, 4) is 34.5 Å². The van der Waals surface area contributed by atoms with Crippen molar-refractivity contribution >= 4 is 114 Å². The number of carbonyl (C=O) groups excluding carboxylic acids is 4. The van der Waals surface area contributed by atoms with Crippen LogP contribution < -0.4 is 28.4 Å². The second kappa shape index (κ2) is 46.9. The van der Waals surface area contributed by atoms with Gasteiger partial charge in [-0.15, -0.1) is 0 Å². The second-order valence-corrected chi connectivity index (χ2v) is 39.5. The fourth-order valence-electron chi connectivity index (χ4n) is 19.0. The van der Waals surface area contributed by atoms with Crippen LogP contribution in [0.1, 0.15) is 159 Å². The maximum absolute atomic E-state index is 13.5. The van der Waals surface area contributed by atoms with Crippen LogP contribution in [0.25, 0.3) is 43.6 Å². The topological polar surface area (TPSA) is 337 Å². The van der Waals surface area contributed by atoms with E-state index < -0.39 is 12.2 Å². The molecular weight excluding hydrogens is 1950 g/mol. The highest BCUT2D eigenvalue weighted by Gasteiger charge is 2.41. The molecule has 0 fully saturated rings. The smallest absolute Gasteiger partial charge is 0.416 e. The Morgan fingerprint density at radius 1 is 0.401 bits per heavy atom. The lowest BCUT2D eigenvalue weighted by molar-refractivity contribution is 0.0620. The Morgan fingerprint density at radius 2 is 0.721 bits per heavy atom. The zero-order valence-corrected chi connectivity index (χ0v) is 85.7. The molecule has 0 aliphatic carbocycles. The van der Waals surface area contributed by atoms with Gasteiger partial charge in [0.05, 0.1) is 58.3 Å². The van der Waals surface area contributed by atoms with E-state index in [1.807, 2.05) is 206 Å². The number of allylic oxidation sites excluding steroid dienone is 1. The van der Waals surface area contributed by atoms with Crippen molar-refractivity contribution in [1.82, 2.24) is 93.4 Å². The van der Waals surface area contributed by atoms with Gasteiger partial charge in [0.25, 0.3) is 0 Å². The number of aromatic amines is 4. The number of H-pyrrole nitrogens is 4. The molecule has 0 spiro atoms. The summed E-state index contributed by atoms with van der Waals surface area (Å²) in [6.07, 6.45) is 19.7. The maximum Gasteiger partial charge on any atom is 0.416 e. The summed E-state index contributed by atoms with van der Waals surface area (Å²) in [6, 6.07) is 60.7. The fourth-order valence-corrected chi connectivity index (χ4v) is 19.7. The van der Waals surface area contributed by atoms with Crippen LogP contribution in [-0.4, -0.2) is 190 Å². The van der Waals surface area contributed by atoms with Crippen molar-refractivity contribution in [2.75, 3.05) is 66.3 Å². The van der Waals surface area contributed by atoms with Gasteiger partial charge in [0.15, 0.2) is 0 Å². The molecule has 0 saturated heterocycles. The van der Waals surface area contributed by atoms with Gasteiger partial charge >= 0.3 is 24.4 Å². The number of halogens is 4. The Morgan fingerprint density at radius 3 is 1.03 bits per heavy atom. The largest absolute Gasteiger partial charge is 0.497 e. The normalized spacial score (nSPS) is 15.2. The third-order valence-corrected chi connectivity index (χ3v) is 26.7. The van der Waals surface area contributed by atoms with Crippen LogP contribution in [0.2, 0.25) is 20.1 Å². The summed E-state index contributed by atoms with van der Waals surface area (Å²) in [5.74, 6) is 4.61. The molecule has 4 N–H and O–H groups in total. The molecule has 21 rings (SSSR count). The molecule has 0 radical (unpaired) electrons. The molecule has 760 valence electrons. The third kappa shape index (κ3) is 24.9. The lowest BCUT2D eigenvalue weighted by Crippen LogP contribution is -2.42. The molecule has 4 aliphatic rings. The number of aromatic nitrogens is 15. The van der Waals surface area contributed by atoms with E-state index in [4.69, 9.17) is 89.0 Å². The first kappa shape index (κ1) is 102. The first-order valence-electron chi connectivity index (χ1n) is 49.1. The zero-order chi connectivity index (χ0) is 102. The van der Waals surface area contributed by atoms with Gasteiger partial charge in [0.1, 0.15) is 96.6 Å². The van der Waals surface area contributed by atoms with Crippen molar-refractivity contribution in [2.45, 2.75) is 149 Å². The molecule has 4 amide bonds. The van der Waals surface area contributed by atoms with Gasteiger partial charge in [0.2, 0.25) is 0 Å². The number of benzene rings is 9. The lowest BCUT2D eigenvalue weighted by atomic mass is 9.92. The van der Waals surface area contributed by atoms with E-state index in [0.717, 1.165) is 182 Å². The van der Waals surface area contributed by atoms with Gasteiger partial charge in [-0.05, 0) is 248 Å². The van der Waals surface area contributed by atoms with E-state index in [2.05, 4.69) is 82.5 Å². The van der Waals surface area contributed by atoms with Crippen LogP contribution in [-0.2, 0) is 66.1 Å². The Kier molecular flexibility index (Phi) is 32.4. The quantitative estimate of drug-likeness (QED) is 0.0192. The summed E-state index contributed by atoms with van der Waals surface area (Å²) in [4.78, 5) is 90.1. The van der Waals surface area contributed by atoms with Crippen molar-refractivity contribution in [1.29, 1.82) is 0 Å². The number of nitrogens with one attached hydrogen (secondary N) is 4. The molecule has 0 bridgehead atoms. The number of fused-ring (bicyclic) bond motifs is 12. The lowest BCUT2D eigenvalue weighted by Gasteiger charge is -2.36. The number of aryl methyl sites for hydroxylation is 4. The van der Waals surface area contributed by atoms with Gasteiger partial charge in [-0.1, -0.05) is 122 Å². The molecule has 147 heavy (non-hydrogen) atoms. The van der Waals surface area contributed by atoms with Crippen molar-refractivity contribution < 1.29 is 61.8 Å². The van der Waals surface area contributed by atoms with E-state index in [1.165, 1.54) is 35.7 Å². The van der Waals surface area contributed by atoms with E-state index in [0.29, 0.717) is 109 Å². The Bertz CT molecular complexity index is 7340. The number of ether oxygens (including phenoxy) is 9. The molecule has 12 heterocycles. The van der Waals surface area contributed by atoms with Crippen molar-refractivity contribution in [2.24, 2.45) is 5.41 Å². The highest BCUT2D eigenvalue weighted by Crippen LogP contribution is 2.46. The number of carbonyl (C=O) groups is 4. The average Bonchev–Trinajstić information content (AvgIpc) is 1.62. The predicted molar refractivity (Wildman–Crippen MR) is 563 cm³/mol. The second-order valence-electron chi connectivity index (χ2n) is 37.7. The monoisotopic (exact) mass is 2060 g/mol. The van der Waals surface area contributed by atoms with Gasteiger partial charge < -0.3 is 67.1 Å². The number of methoxy groups -OCH3 is 1.